The highest BCUT2D eigenvalue weighted by Gasteiger charge is 2.29. The third-order valence-corrected chi connectivity index (χ3v) is 5.51. The number of amides is 3. The molecule has 0 saturated carbocycles. The first-order chi connectivity index (χ1) is 14.0. The predicted octanol–water partition coefficient (Wildman–Crippen LogP) is 3.26. The van der Waals surface area contributed by atoms with Crippen LogP contribution >= 0.6 is 11.6 Å². The second kappa shape index (κ2) is 8.16. The molecule has 0 spiro atoms. The molecule has 1 aliphatic rings. The maximum Gasteiger partial charge on any atom is 0.317 e. The number of benzene rings is 1. The molecule has 4 rings (SSSR count). The van der Waals surface area contributed by atoms with E-state index in [0.29, 0.717) is 24.7 Å². The second-order valence-electron chi connectivity index (χ2n) is 7.22. The number of carbonyl (C=O) groups excluding carboxylic acids is 2. The Hall–Kier alpha value is -3.00. The highest BCUT2D eigenvalue weighted by Crippen LogP contribution is 2.20. The number of hydrogen-bond donors (Lipinski definition) is 2. The lowest BCUT2D eigenvalue weighted by Crippen LogP contribution is -2.52. The van der Waals surface area contributed by atoms with Gasteiger partial charge in [0.1, 0.15) is 6.26 Å². The molecule has 9 heteroatoms. The topological polar surface area (TPSA) is 94.5 Å². The molecular weight excluding hydrogens is 394 g/mol. The van der Waals surface area contributed by atoms with E-state index in [9.17, 15) is 9.59 Å². The van der Waals surface area contributed by atoms with Crippen LogP contribution in [0.25, 0.3) is 10.9 Å². The first kappa shape index (κ1) is 19.3. The SMILES string of the molecule is CN(C(=O)NCc1cc2cc(Cl)ccc2[nH]1)[C@@H]1CCCN(C(=O)c2cocn2)C1. The number of hydrogen-bond acceptors (Lipinski definition) is 4. The molecule has 1 aromatic carbocycles. The van der Waals surface area contributed by atoms with Gasteiger partial charge in [0.15, 0.2) is 12.1 Å². The highest BCUT2D eigenvalue weighted by molar-refractivity contribution is 6.31. The second-order valence-corrected chi connectivity index (χ2v) is 7.65. The number of urea groups is 1. The van der Waals surface area contributed by atoms with Crippen molar-refractivity contribution in [1.82, 2.24) is 25.1 Å². The van der Waals surface area contributed by atoms with E-state index in [0.717, 1.165) is 29.4 Å². The zero-order chi connectivity index (χ0) is 20.4. The van der Waals surface area contributed by atoms with Gasteiger partial charge in [0.2, 0.25) is 0 Å². The van der Waals surface area contributed by atoms with Crippen molar-refractivity contribution in [2.45, 2.75) is 25.4 Å². The Kier molecular flexibility index (Phi) is 5.44. The summed E-state index contributed by atoms with van der Waals surface area (Å²) in [5.74, 6) is -0.172. The molecule has 8 nitrogen and oxygen atoms in total. The van der Waals surface area contributed by atoms with Gasteiger partial charge >= 0.3 is 6.03 Å². The van der Waals surface area contributed by atoms with Crippen LogP contribution in [0.5, 0.6) is 0 Å². The van der Waals surface area contributed by atoms with E-state index in [1.54, 1.807) is 16.8 Å². The average Bonchev–Trinajstić information content (AvgIpc) is 3.40. The minimum Gasteiger partial charge on any atom is -0.451 e. The average molecular weight is 416 g/mol. The van der Waals surface area contributed by atoms with Crippen molar-refractivity contribution in [3.05, 3.63) is 53.3 Å². The molecule has 0 radical (unpaired) electrons. The summed E-state index contributed by atoms with van der Waals surface area (Å²) in [6.45, 7) is 1.50. The number of carbonyl (C=O) groups is 2. The van der Waals surface area contributed by atoms with E-state index in [1.807, 2.05) is 24.3 Å². The minimum atomic E-state index is -0.178. The third kappa shape index (κ3) is 4.22. The number of piperidine rings is 1. The van der Waals surface area contributed by atoms with Gasteiger partial charge in [0.05, 0.1) is 12.6 Å². The summed E-state index contributed by atoms with van der Waals surface area (Å²) in [6, 6.07) is 7.36. The molecule has 1 atom stereocenters. The van der Waals surface area contributed by atoms with Crippen LogP contribution < -0.4 is 5.32 Å². The van der Waals surface area contributed by atoms with E-state index in [4.69, 9.17) is 16.0 Å². The first-order valence-corrected chi connectivity index (χ1v) is 9.84. The van der Waals surface area contributed by atoms with Crippen molar-refractivity contribution in [3.8, 4) is 0 Å². The van der Waals surface area contributed by atoms with Gasteiger partial charge in [-0.2, -0.15) is 0 Å². The standard InChI is InChI=1S/C20H22ClN5O3/c1-25(16-3-2-6-26(10-16)19(27)18-11-29-12-23-18)20(28)22-9-15-8-13-7-14(21)4-5-17(13)24-15/h4-5,7-8,11-12,16,24H,2-3,6,9-10H2,1H3,(H,22,28)/t16-/m1/s1. The van der Waals surface area contributed by atoms with Crippen LogP contribution in [0.4, 0.5) is 4.79 Å². The normalized spacial score (nSPS) is 16.8. The van der Waals surface area contributed by atoms with Gasteiger partial charge in [-0.15, -0.1) is 0 Å². The fourth-order valence-electron chi connectivity index (χ4n) is 3.66. The number of aromatic amines is 1. The van der Waals surface area contributed by atoms with Gasteiger partial charge in [-0.3, -0.25) is 4.79 Å². The number of oxazole rings is 1. The Balaban J connectivity index is 1.34. The first-order valence-electron chi connectivity index (χ1n) is 9.46. The number of likely N-dealkylation sites (tertiary alicyclic amines) is 1. The molecule has 1 saturated heterocycles. The van der Waals surface area contributed by atoms with Crippen LogP contribution in [0.3, 0.4) is 0 Å². The highest BCUT2D eigenvalue weighted by atomic mass is 35.5. The third-order valence-electron chi connectivity index (χ3n) is 5.27. The summed E-state index contributed by atoms with van der Waals surface area (Å²) in [5, 5.41) is 4.61. The number of likely N-dealkylation sites (N-methyl/N-ethyl adjacent to an activating group) is 1. The van der Waals surface area contributed by atoms with Gasteiger partial charge in [0.25, 0.3) is 5.91 Å². The maximum absolute atomic E-state index is 12.6. The quantitative estimate of drug-likeness (QED) is 0.683. The van der Waals surface area contributed by atoms with E-state index >= 15 is 0 Å². The molecular formula is C20H22ClN5O3. The lowest BCUT2D eigenvalue weighted by atomic mass is 10.0. The molecule has 0 bridgehead atoms. The van der Waals surface area contributed by atoms with Crippen LogP contribution in [0.2, 0.25) is 5.02 Å². The summed E-state index contributed by atoms with van der Waals surface area (Å²) in [5.41, 5.74) is 2.16. The van der Waals surface area contributed by atoms with Crippen LogP contribution in [0.1, 0.15) is 29.0 Å². The summed E-state index contributed by atoms with van der Waals surface area (Å²) < 4.78 is 4.90. The molecule has 29 heavy (non-hydrogen) atoms. The monoisotopic (exact) mass is 415 g/mol. The lowest BCUT2D eigenvalue weighted by Gasteiger charge is -2.37. The molecule has 3 amide bonds. The Morgan fingerprint density at radius 2 is 2.28 bits per heavy atom. The van der Waals surface area contributed by atoms with Crippen molar-refractivity contribution in [2.24, 2.45) is 0 Å². The number of halogens is 1. The predicted molar refractivity (Wildman–Crippen MR) is 109 cm³/mol. The van der Waals surface area contributed by atoms with Crippen molar-refractivity contribution >= 4 is 34.4 Å². The zero-order valence-corrected chi connectivity index (χ0v) is 16.8. The number of nitrogens with one attached hydrogen (secondary N) is 2. The van der Waals surface area contributed by atoms with Crippen molar-refractivity contribution in [2.75, 3.05) is 20.1 Å². The van der Waals surface area contributed by atoms with Gasteiger partial charge in [-0.05, 0) is 37.1 Å². The number of rotatable bonds is 4. The Morgan fingerprint density at radius 3 is 3.07 bits per heavy atom. The molecule has 0 unspecified atom stereocenters. The van der Waals surface area contributed by atoms with Crippen molar-refractivity contribution < 1.29 is 14.0 Å². The van der Waals surface area contributed by atoms with E-state index < -0.39 is 0 Å². The molecule has 152 valence electrons. The number of fused-ring (bicyclic) bond motifs is 1. The van der Waals surface area contributed by atoms with E-state index in [1.165, 1.54) is 12.7 Å². The fraction of sp³-hybridized carbons (Fsp3) is 0.350. The molecule has 2 N–H and O–H groups in total. The Morgan fingerprint density at radius 1 is 1.41 bits per heavy atom. The van der Waals surface area contributed by atoms with E-state index in [2.05, 4.69) is 15.3 Å². The number of nitrogens with zero attached hydrogens (tertiary/aromatic N) is 3. The van der Waals surface area contributed by atoms with Gasteiger partial charge in [0, 0.05) is 41.8 Å². The van der Waals surface area contributed by atoms with Gasteiger partial charge in [-0.1, -0.05) is 11.6 Å². The van der Waals surface area contributed by atoms with Crippen LogP contribution in [-0.4, -0.2) is 57.9 Å². The number of H-pyrrole nitrogens is 1. The van der Waals surface area contributed by atoms with E-state index in [-0.39, 0.29) is 23.7 Å². The van der Waals surface area contributed by atoms with Crippen molar-refractivity contribution in [3.63, 3.8) is 0 Å². The summed E-state index contributed by atoms with van der Waals surface area (Å²) in [6.07, 6.45) is 4.26. The molecule has 0 aliphatic carbocycles. The zero-order valence-electron chi connectivity index (χ0n) is 16.0. The molecule has 1 aliphatic heterocycles. The Bertz CT molecular complexity index is 1020. The lowest BCUT2D eigenvalue weighted by molar-refractivity contribution is 0.0630. The molecule has 3 aromatic rings. The summed E-state index contributed by atoms with van der Waals surface area (Å²) in [7, 11) is 1.76. The van der Waals surface area contributed by atoms with Gasteiger partial charge < -0.3 is 24.5 Å². The summed E-state index contributed by atoms with van der Waals surface area (Å²) in [4.78, 5) is 35.7. The molecule has 2 aromatic heterocycles. The summed E-state index contributed by atoms with van der Waals surface area (Å²) >= 11 is 6.02. The minimum absolute atomic E-state index is 0.0545. The number of aromatic nitrogens is 2. The van der Waals surface area contributed by atoms with Crippen LogP contribution in [0.15, 0.2) is 41.3 Å². The molecule has 1 fully saturated rings. The maximum atomic E-state index is 12.6. The fourth-order valence-corrected chi connectivity index (χ4v) is 3.84. The van der Waals surface area contributed by atoms with Crippen LogP contribution in [0, 0.1) is 0 Å². The Labute approximate surface area is 172 Å². The van der Waals surface area contributed by atoms with Crippen LogP contribution in [-0.2, 0) is 6.54 Å². The smallest absolute Gasteiger partial charge is 0.317 e. The van der Waals surface area contributed by atoms with Crippen molar-refractivity contribution in [1.29, 1.82) is 0 Å². The molecule has 3 heterocycles. The largest absolute Gasteiger partial charge is 0.451 e. The van der Waals surface area contributed by atoms with Gasteiger partial charge in [-0.25, -0.2) is 9.78 Å².